The monoisotopic (exact) mass is 1240 g/mol. The van der Waals surface area contributed by atoms with E-state index in [9.17, 15) is 0 Å². The van der Waals surface area contributed by atoms with E-state index in [4.69, 9.17) is 31.0 Å². The number of hydrogen-bond donors (Lipinski definition) is 1. The van der Waals surface area contributed by atoms with E-state index in [1.54, 1.807) is 0 Å². The smallest absolute Gasteiger partial charge is 0.235 e. The zero-order valence-corrected chi connectivity index (χ0v) is 51.3. The summed E-state index contributed by atoms with van der Waals surface area (Å²) < 4.78 is 19.3. The van der Waals surface area contributed by atoms with Crippen LogP contribution in [-0.2, 0) is 0 Å². The first-order valence-corrected chi connectivity index (χ1v) is 32.1. The third-order valence-corrected chi connectivity index (χ3v) is 19.2. The molecule has 95 heavy (non-hydrogen) atoms. The number of aromatic amines is 1. The van der Waals surface area contributed by atoms with E-state index in [2.05, 4.69) is 247 Å². The van der Waals surface area contributed by atoms with Crippen LogP contribution in [0.15, 0.2) is 291 Å². The molecule has 2 aliphatic rings. The van der Waals surface area contributed by atoms with Gasteiger partial charge in [-0.15, -0.1) is 0 Å². The second-order valence-corrected chi connectivity index (χ2v) is 24.5. The molecule has 20 aromatic rings. The Morgan fingerprint density at radius 3 is 1.22 bits per heavy atom. The number of nitrogens with zero attached hydrogens (tertiary/aromatic N) is 7. The molecule has 0 radical (unpaired) electrons. The molecule has 14 aromatic carbocycles. The lowest BCUT2D eigenvalue weighted by Gasteiger charge is -2.21. The summed E-state index contributed by atoms with van der Waals surface area (Å²) in [7, 11) is 0. The van der Waals surface area contributed by atoms with Crippen molar-refractivity contribution in [2.24, 2.45) is 0 Å². The van der Waals surface area contributed by atoms with Crippen LogP contribution in [0.5, 0.6) is 23.0 Å². The number of nitrogens with one attached hydrogen (secondary N) is 1. The van der Waals surface area contributed by atoms with Gasteiger partial charge in [-0.1, -0.05) is 194 Å². The summed E-state index contributed by atoms with van der Waals surface area (Å²) in [4.78, 5) is 23.1. The maximum Gasteiger partial charge on any atom is 0.235 e. The van der Waals surface area contributed by atoms with E-state index in [0.29, 0.717) is 5.95 Å². The third kappa shape index (κ3) is 7.86. The van der Waals surface area contributed by atoms with Crippen molar-refractivity contribution in [3.8, 4) is 62.8 Å². The molecule has 22 rings (SSSR count). The van der Waals surface area contributed by atoms with Gasteiger partial charge in [0.1, 0.15) is 23.0 Å². The Labute approximate surface area is 546 Å². The Hall–Kier alpha value is -12.6. The Balaban J connectivity index is 0.000000109. The molecular formula is C84H49ClN8O2. The van der Waals surface area contributed by atoms with Crippen LogP contribution in [0.3, 0.4) is 0 Å². The van der Waals surface area contributed by atoms with Crippen LogP contribution in [0.25, 0.3) is 170 Å². The number of para-hydroxylation sites is 8. The molecule has 6 aromatic heterocycles. The van der Waals surface area contributed by atoms with Crippen molar-refractivity contribution >= 4 is 142 Å². The molecule has 0 spiro atoms. The average Bonchev–Trinajstić information content (AvgIpc) is 1.55. The molecule has 0 saturated heterocycles. The minimum Gasteiger partial charge on any atom is -0.456 e. The number of H-pyrrole nitrogens is 1. The van der Waals surface area contributed by atoms with Crippen molar-refractivity contribution in [1.82, 2.24) is 38.6 Å². The summed E-state index contributed by atoms with van der Waals surface area (Å²) in [6.07, 6.45) is 0. The summed E-state index contributed by atoms with van der Waals surface area (Å²) in [6, 6.07) is 101. The van der Waals surface area contributed by atoms with Crippen LogP contribution in [-0.4, -0.2) is 38.6 Å². The van der Waals surface area contributed by atoms with Crippen molar-refractivity contribution in [1.29, 1.82) is 0 Å². The SMILES string of the molecule is Clc1nc2c3c(cccc3n1)Oc1ccccc1-2.c1ccc(-n2c3ccccc3c3c4ccccc4c4c5ccccc5[nH]c4c32)cc1.c1ccc(-n2c3ccccc3c3c4ccccc4c4c5ccccc5n(-c5nc6c7c(cccc7n5)Oc5ccccc5-6)c4c32)cc1. The highest BCUT2D eigenvalue weighted by Crippen LogP contribution is 2.51. The molecule has 8 heterocycles. The van der Waals surface area contributed by atoms with E-state index < -0.39 is 0 Å². The number of benzene rings is 14. The van der Waals surface area contributed by atoms with Crippen LogP contribution in [0.1, 0.15) is 0 Å². The zero-order valence-electron chi connectivity index (χ0n) is 50.5. The lowest BCUT2D eigenvalue weighted by Crippen LogP contribution is -2.07. The molecule has 0 bridgehead atoms. The first kappa shape index (κ1) is 53.1. The van der Waals surface area contributed by atoms with E-state index in [-0.39, 0.29) is 5.28 Å². The van der Waals surface area contributed by atoms with Gasteiger partial charge in [0.15, 0.2) is 0 Å². The van der Waals surface area contributed by atoms with Crippen molar-refractivity contribution in [2.45, 2.75) is 0 Å². The summed E-state index contributed by atoms with van der Waals surface area (Å²) in [5.74, 6) is 3.79. The Morgan fingerprint density at radius 2 is 0.674 bits per heavy atom. The lowest BCUT2D eigenvalue weighted by atomic mass is 9.98. The largest absolute Gasteiger partial charge is 0.456 e. The Bertz CT molecular complexity index is 6630. The van der Waals surface area contributed by atoms with Crippen LogP contribution in [0, 0.1) is 0 Å². The fraction of sp³-hybridized carbons (Fsp3) is 0. The van der Waals surface area contributed by atoms with Crippen LogP contribution >= 0.6 is 11.6 Å². The van der Waals surface area contributed by atoms with Crippen molar-refractivity contribution in [3.63, 3.8) is 0 Å². The first-order valence-electron chi connectivity index (χ1n) is 31.7. The van der Waals surface area contributed by atoms with Gasteiger partial charge in [-0.25, -0.2) is 19.9 Å². The van der Waals surface area contributed by atoms with Gasteiger partial charge in [0.05, 0.1) is 71.8 Å². The molecule has 0 amide bonds. The predicted octanol–water partition coefficient (Wildman–Crippen LogP) is 22.4. The molecule has 0 aliphatic carbocycles. The molecule has 1 N–H and O–H groups in total. The minimum absolute atomic E-state index is 0.256. The topological polar surface area (TPSA) is 101 Å². The van der Waals surface area contributed by atoms with Crippen LogP contribution in [0.4, 0.5) is 0 Å². The van der Waals surface area contributed by atoms with E-state index >= 15 is 0 Å². The maximum atomic E-state index is 6.33. The molecular weight excluding hydrogens is 1190 g/mol. The van der Waals surface area contributed by atoms with Crippen LogP contribution in [0.2, 0.25) is 5.28 Å². The van der Waals surface area contributed by atoms with Gasteiger partial charge < -0.3 is 23.6 Å². The number of ether oxygens (including phenoxy) is 2. The van der Waals surface area contributed by atoms with Gasteiger partial charge in [-0.3, -0.25) is 4.57 Å². The normalized spacial score (nSPS) is 12.2. The zero-order chi connectivity index (χ0) is 62.4. The van der Waals surface area contributed by atoms with E-state index in [1.165, 1.54) is 92.4 Å². The van der Waals surface area contributed by atoms with Crippen molar-refractivity contribution < 1.29 is 9.47 Å². The molecule has 10 nitrogen and oxygen atoms in total. The van der Waals surface area contributed by atoms with E-state index in [0.717, 1.165) is 95.1 Å². The summed E-state index contributed by atoms with van der Waals surface area (Å²) in [5.41, 5.74) is 16.9. The van der Waals surface area contributed by atoms with Gasteiger partial charge in [0.2, 0.25) is 11.2 Å². The number of aromatic nitrogens is 8. The second kappa shape index (κ2) is 20.7. The van der Waals surface area contributed by atoms with Crippen LogP contribution < -0.4 is 9.47 Å². The summed E-state index contributed by atoms with van der Waals surface area (Å²) >= 11 is 5.98. The maximum absolute atomic E-state index is 6.33. The highest BCUT2D eigenvalue weighted by atomic mass is 35.5. The fourth-order valence-electron chi connectivity index (χ4n) is 15.2. The Morgan fingerprint density at radius 1 is 0.284 bits per heavy atom. The van der Waals surface area contributed by atoms with Gasteiger partial charge >= 0.3 is 0 Å². The molecule has 0 atom stereocenters. The number of fused-ring (bicyclic) bond motifs is 24. The quantitative estimate of drug-likeness (QED) is 0.177. The average molecular weight is 1240 g/mol. The molecule has 0 saturated carbocycles. The highest BCUT2D eigenvalue weighted by molar-refractivity contribution is 6.38. The molecule has 0 fully saturated rings. The second-order valence-electron chi connectivity index (χ2n) is 24.1. The van der Waals surface area contributed by atoms with E-state index in [1.807, 2.05) is 72.8 Å². The van der Waals surface area contributed by atoms with Gasteiger partial charge in [0, 0.05) is 71.1 Å². The molecule has 444 valence electrons. The number of halogens is 1. The third-order valence-electron chi connectivity index (χ3n) is 19.0. The lowest BCUT2D eigenvalue weighted by molar-refractivity contribution is 0.486. The molecule has 11 heteroatoms. The highest BCUT2D eigenvalue weighted by Gasteiger charge is 2.29. The minimum atomic E-state index is 0.256. The number of rotatable bonds is 3. The van der Waals surface area contributed by atoms with Crippen molar-refractivity contribution in [2.75, 3.05) is 0 Å². The Kier molecular flexibility index (Phi) is 11.6. The predicted molar refractivity (Wildman–Crippen MR) is 389 cm³/mol. The number of hydrogen-bond acceptors (Lipinski definition) is 6. The standard InChI is InChI=1S/C42H24N4O.C28H18N2.C14H7ClN2O/c1-2-13-25(14-3-1)45-32-21-9-6-17-28(32)36-26-15-4-5-16-27(26)37-29-18-7-10-22-33(29)46(41(37)40(36)45)42-43-31-20-12-24-35-38(31)39(44-42)30-19-8-11-23-34(30)47-35;1-2-10-18(11-3-1)30-24-17-9-7-15-22(24)26-20-13-5-4-12-19(20)25-21-14-6-8-16-23(21)29-27(25)28(26)30;15-14-16-9-5-3-7-11-12(9)13(17-14)8-4-1-2-6-10(8)18-11/h1-24H;1-17,29H;1-7H. The molecule has 0 unspecified atom stereocenters. The van der Waals surface area contributed by atoms with Crippen molar-refractivity contribution in [3.05, 3.63) is 296 Å². The molecule has 2 aliphatic heterocycles. The van der Waals surface area contributed by atoms with Gasteiger partial charge in [-0.05, 0) is 130 Å². The first-order chi connectivity index (χ1) is 47.1. The summed E-state index contributed by atoms with van der Waals surface area (Å²) in [6.45, 7) is 0. The summed E-state index contributed by atoms with van der Waals surface area (Å²) in [5, 5.41) is 17.1. The van der Waals surface area contributed by atoms with Gasteiger partial charge in [-0.2, -0.15) is 0 Å². The van der Waals surface area contributed by atoms with Gasteiger partial charge in [0.25, 0.3) is 0 Å². The fourth-order valence-corrected chi connectivity index (χ4v) is 15.4.